The predicted octanol–water partition coefficient (Wildman–Crippen LogP) is 3.76. The minimum absolute atomic E-state index is 0.0761. The van der Waals surface area contributed by atoms with Crippen LogP contribution in [0.5, 0.6) is 0 Å². The van der Waals surface area contributed by atoms with Crippen LogP contribution in [0.4, 0.5) is 26.3 Å². The second kappa shape index (κ2) is 6.53. The molecule has 3 heterocycles. The summed E-state index contributed by atoms with van der Waals surface area (Å²) >= 11 is 0. The molecule has 0 aromatic heterocycles. The van der Waals surface area contributed by atoms with Gasteiger partial charge in [0, 0.05) is 30.8 Å². The van der Waals surface area contributed by atoms with Crippen LogP contribution in [0.3, 0.4) is 0 Å². The third kappa shape index (κ3) is 3.00. The molecule has 144 valence electrons. The van der Waals surface area contributed by atoms with Gasteiger partial charge in [-0.25, -0.2) is 26.3 Å². The average molecular weight is 387 g/mol. The molecule has 0 spiro atoms. The van der Waals surface area contributed by atoms with Crippen molar-refractivity contribution in [3.63, 3.8) is 0 Å². The van der Waals surface area contributed by atoms with Crippen molar-refractivity contribution in [1.82, 2.24) is 4.90 Å². The lowest BCUT2D eigenvalue weighted by molar-refractivity contribution is -0.963. The smallest absolute Gasteiger partial charge is 0.194 e. The molecular formula is C19H17F6N2+. The summed E-state index contributed by atoms with van der Waals surface area (Å²) in [7, 11) is 0. The maximum atomic E-state index is 13.9. The number of hydrogen-bond donors (Lipinski definition) is 0. The lowest BCUT2D eigenvalue weighted by atomic mass is 9.91. The second-order valence-electron chi connectivity index (χ2n) is 7.23. The standard InChI is InChI=1S/C19H17F6N2/c20-13-7-11(8-14(21)17(13)24)19(12-9-15(22)18(25)16(23)10-12)27-4-1-26(2-5-27)3-6-27/h7-10,19H,1-6H2/q+1. The highest BCUT2D eigenvalue weighted by molar-refractivity contribution is 5.33. The molecule has 3 saturated heterocycles. The van der Waals surface area contributed by atoms with Crippen LogP contribution in [-0.2, 0) is 0 Å². The zero-order chi connectivity index (χ0) is 19.3. The summed E-state index contributed by atoms with van der Waals surface area (Å²) in [5.74, 6) is -8.67. The van der Waals surface area contributed by atoms with Crippen molar-refractivity contribution in [1.29, 1.82) is 0 Å². The number of piperazine rings is 3. The van der Waals surface area contributed by atoms with Crippen LogP contribution in [0.2, 0.25) is 0 Å². The third-order valence-corrected chi connectivity index (χ3v) is 5.78. The van der Waals surface area contributed by atoms with Gasteiger partial charge >= 0.3 is 0 Å². The van der Waals surface area contributed by atoms with Crippen molar-refractivity contribution in [3.05, 3.63) is 70.3 Å². The van der Waals surface area contributed by atoms with Crippen molar-refractivity contribution in [2.75, 3.05) is 39.3 Å². The van der Waals surface area contributed by atoms with Crippen LogP contribution in [0.25, 0.3) is 0 Å². The summed E-state index contributed by atoms with van der Waals surface area (Å²) in [6, 6.07) is 2.60. The molecule has 0 atom stereocenters. The Bertz CT molecular complexity index is 774. The first-order valence-electron chi connectivity index (χ1n) is 8.68. The van der Waals surface area contributed by atoms with Gasteiger partial charge in [0.15, 0.2) is 34.9 Å². The number of benzene rings is 2. The van der Waals surface area contributed by atoms with E-state index in [-0.39, 0.29) is 11.1 Å². The van der Waals surface area contributed by atoms with E-state index in [2.05, 4.69) is 4.90 Å². The van der Waals surface area contributed by atoms with Gasteiger partial charge in [-0.2, -0.15) is 0 Å². The summed E-state index contributed by atoms with van der Waals surface area (Å²) in [6.07, 6.45) is 0. The van der Waals surface area contributed by atoms with Gasteiger partial charge in [-0.05, 0) is 24.3 Å². The van der Waals surface area contributed by atoms with Crippen LogP contribution in [-0.4, -0.2) is 48.7 Å². The average Bonchev–Trinajstić information content (AvgIpc) is 2.65. The largest absolute Gasteiger partial charge is 0.310 e. The van der Waals surface area contributed by atoms with E-state index in [0.29, 0.717) is 24.1 Å². The molecule has 8 heteroatoms. The first-order chi connectivity index (χ1) is 12.8. The third-order valence-electron chi connectivity index (χ3n) is 5.78. The Labute approximate surface area is 152 Å². The molecule has 0 N–H and O–H groups in total. The van der Waals surface area contributed by atoms with Crippen LogP contribution in [0, 0.1) is 34.9 Å². The Morgan fingerprint density at radius 1 is 0.630 bits per heavy atom. The molecule has 0 saturated carbocycles. The highest BCUT2D eigenvalue weighted by Gasteiger charge is 2.46. The van der Waals surface area contributed by atoms with Crippen LogP contribution >= 0.6 is 0 Å². The monoisotopic (exact) mass is 387 g/mol. The van der Waals surface area contributed by atoms with Crippen molar-refractivity contribution in [3.8, 4) is 0 Å². The normalized spacial score (nSPS) is 24.6. The van der Waals surface area contributed by atoms with E-state index in [1.54, 1.807) is 0 Å². The molecule has 2 nitrogen and oxygen atoms in total. The van der Waals surface area contributed by atoms with E-state index in [0.717, 1.165) is 43.9 Å². The molecule has 3 fully saturated rings. The summed E-state index contributed by atoms with van der Waals surface area (Å²) in [5, 5.41) is 0. The van der Waals surface area contributed by atoms with Crippen molar-refractivity contribution in [2.45, 2.75) is 6.04 Å². The maximum absolute atomic E-state index is 13.9. The SMILES string of the molecule is Fc1cc(C(c2cc(F)c(F)c(F)c2)[N+]23CCN(CC2)CC3)cc(F)c1F. The van der Waals surface area contributed by atoms with Crippen LogP contribution in [0.15, 0.2) is 24.3 Å². The van der Waals surface area contributed by atoms with E-state index in [1.807, 2.05) is 0 Å². The molecule has 3 aliphatic heterocycles. The molecule has 2 aromatic carbocycles. The molecule has 2 bridgehead atoms. The highest BCUT2D eigenvalue weighted by atomic mass is 19.2. The first kappa shape index (κ1) is 18.3. The number of nitrogens with zero attached hydrogens (tertiary/aromatic N) is 2. The fourth-order valence-corrected chi connectivity index (χ4v) is 4.37. The second-order valence-corrected chi connectivity index (χ2v) is 7.23. The summed E-state index contributed by atoms with van der Waals surface area (Å²) in [5.41, 5.74) is 0.152. The molecule has 0 amide bonds. The Morgan fingerprint density at radius 2 is 0.963 bits per heavy atom. The Balaban J connectivity index is 1.91. The Kier molecular flexibility index (Phi) is 4.43. The number of fused-ring (bicyclic) bond motifs is 3. The predicted molar refractivity (Wildman–Crippen MR) is 85.8 cm³/mol. The molecule has 0 unspecified atom stereocenters. The lowest BCUT2D eigenvalue weighted by Gasteiger charge is -2.54. The van der Waals surface area contributed by atoms with E-state index in [1.165, 1.54) is 0 Å². The zero-order valence-electron chi connectivity index (χ0n) is 14.3. The fraction of sp³-hybridized carbons (Fsp3) is 0.368. The number of quaternary nitrogens is 1. The molecule has 27 heavy (non-hydrogen) atoms. The van der Waals surface area contributed by atoms with Gasteiger partial charge in [-0.1, -0.05) is 0 Å². The van der Waals surface area contributed by atoms with E-state index in [9.17, 15) is 26.3 Å². The number of rotatable bonds is 3. The highest BCUT2D eigenvalue weighted by Crippen LogP contribution is 2.40. The van der Waals surface area contributed by atoms with Crippen LogP contribution < -0.4 is 0 Å². The minimum atomic E-state index is -1.60. The molecular weight excluding hydrogens is 370 g/mol. The molecule has 2 aromatic rings. The first-order valence-corrected chi connectivity index (χ1v) is 8.68. The Morgan fingerprint density at radius 3 is 1.30 bits per heavy atom. The van der Waals surface area contributed by atoms with E-state index < -0.39 is 40.9 Å². The summed E-state index contributed by atoms with van der Waals surface area (Å²) in [6.45, 7) is 4.00. The topological polar surface area (TPSA) is 3.24 Å². The molecule has 3 aliphatic rings. The zero-order valence-corrected chi connectivity index (χ0v) is 14.3. The number of halogens is 6. The molecule has 5 rings (SSSR count). The van der Waals surface area contributed by atoms with E-state index in [4.69, 9.17) is 0 Å². The van der Waals surface area contributed by atoms with Crippen molar-refractivity contribution in [2.24, 2.45) is 0 Å². The van der Waals surface area contributed by atoms with Gasteiger partial charge in [-0.3, -0.25) is 4.90 Å². The Hall–Kier alpha value is -2.06. The lowest BCUT2D eigenvalue weighted by Crippen LogP contribution is -2.68. The maximum Gasteiger partial charge on any atom is 0.194 e. The van der Waals surface area contributed by atoms with Gasteiger partial charge in [0.1, 0.15) is 6.04 Å². The minimum Gasteiger partial charge on any atom is -0.310 e. The van der Waals surface area contributed by atoms with Gasteiger partial charge in [0.2, 0.25) is 0 Å². The van der Waals surface area contributed by atoms with Gasteiger partial charge < -0.3 is 4.48 Å². The molecule has 0 radical (unpaired) electrons. The fourth-order valence-electron chi connectivity index (χ4n) is 4.37. The van der Waals surface area contributed by atoms with Crippen molar-refractivity contribution >= 4 is 0 Å². The van der Waals surface area contributed by atoms with E-state index >= 15 is 0 Å². The quantitative estimate of drug-likeness (QED) is 0.441. The van der Waals surface area contributed by atoms with Gasteiger partial charge in [0.25, 0.3) is 0 Å². The van der Waals surface area contributed by atoms with Gasteiger partial charge in [-0.15, -0.1) is 0 Å². The van der Waals surface area contributed by atoms with Gasteiger partial charge in [0.05, 0.1) is 19.6 Å². The van der Waals surface area contributed by atoms with Crippen LogP contribution in [0.1, 0.15) is 17.2 Å². The van der Waals surface area contributed by atoms with Crippen molar-refractivity contribution < 1.29 is 30.8 Å². The molecule has 0 aliphatic carbocycles. The summed E-state index contributed by atoms with van der Waals surface area (Å²) < 4.78 is 82.9. The summed E-state index contributed by atoms with van der Waals surface area (Å²) in [4.78, 5) is 2.23. The number of hydrogen-bond acceptors (Lipinski definition) is 1.